The molecule has 2 fully saturated rings. The van der Waals surface area contributed by atoms with Crippen molar-refractivity contribution in [3.05, 3.63) is 177 Å². The van der Waals surface area contributed by atoms with Crippen LogP contribution in [0.25, 0.3) is 11.1 Å². The molecule has 2 unspecified atom stereocenters. The Morgan fingerprint density at radius 2 is 0.904 bits per heavy atom. The molecule has 1 spiro atoms. The number of epoxide rings is 1. The van der Waals surface area contributed by atoms with Crippen molar-refractivity contribution in [2.45, 2.75) is 57.2 Å². The SMILES string of the molecule is COc1ccc(C23OC2(c2ccc(OC)cc2)[C]2(c4ccccc4-c4ccccc42)[Ge]([c]2c(C)cc(C)cc2C)([c]2c(C)cc(C)cc2C)[O]3)cc1. The first kappa shape index (κ1) is 33.2. The predicted molar refractivity (Wildman–Crippen MR) is 210 cm³/mol. The zero-order chi connectivity index (χ0) is 36.2. The van der Waals surface area contributed by atoms with E-state index >= 15 is 0 Å². The van der Waals surface area contributed by atoms with Gasteiger partial charge in [-0.2, -0.15) is 0 Å². The van der Waals surface area contributed by atoms with Gasteiger partial charge in [-0.05, 0) is 0 Å². The van der Waals surface area contributed by atoms with Crippen molar-refractivity contribution in [3.8, 4) is 22.6 Å². The van der Waals surface area contributed by atoms with Crippen LogP contribution in [0.3, 0.4) is 0 Å². The van der Waals surface area contributed by atoms with Crippen molar-refractivity contribution < 1.29 is 18.0 Å². The summed E-state index contributed by atoms with van der Waals surface area (Å²) in [7, 11) is 3.43. The maximum absolute atomic E-state index is 8.50. The normalized spacial score (nSPS) is 21.4. The van der Waals surface area contributed by atoms with Gasteiger partial charge in [0.25, 0.3) is 0 Å². The third-order valence-electron chi connectivity index (χ3n) is 12.0. The maximum atomic E-state index is 8.50. The molecule has 3 aliphatic rings. The molecule has 2 aliphatic heterocycles. The van der Waals surface area contributed by atoms with Gasteiger partial charge in [0.2, 0.25) is 0 Å². The standard InChI is InChI=1S/C47H44GeO4/c1-29-25-31(3)43(32(4)26-29)48(44-33(5)27-30(2)28-34(44)6)45(41-15-11-9-13-39(41)40-14-10-12-16-42(40)45)46(35-17-21-37(49-7)22-18-35)47(51-46,52-48)36-19-23-38(50-8)24-20-36/h9-28H,1-8H3. The molecular weight excluding hydrogens is 701 g/mol. The molecule has 5 heteroatoms. The average Bonchev–Trinajstić information content (AvgIpc) is 3.63. The van der Waals surface area contributed by atoms with Crippen LogP contribution in [0.15, 0.2) is 121 Å². The molecule has 0 N–H and O–H groups in total. The van der Waals surface area contributed by atoms with Crippen LogP contribution in [0.1, 0.15) is 55.6 Å². The van der Waals surface area contributed by atoms with Crippen LogP contribution in [0.4, 0.5) is 0 Å². The first-order valence-electron chi connectivity index (χ1n) is 18.1. The molecule has 0 bridgehead atoms. The van der Waals surface area contributed by atoms with Crippen LogP contribution < -0.4 is 18.3 Å². The molecule has 0 amide bonds. The van der Waals surface area contributed by atoms with Crippen molar-refractivity contribution in [1.29, 1.82) is 0 Å². The first-order chi connectivity index (χ1) is 25.1. The van der Waals surface area contributed by atoms with E-state index in [4.69, 9.17) is 18.0 Å². The van der Waals surface area contributed by atoms with Gasteiger partial charge in [-0.1, -0.05) is 0 Å². The van der Waals surface area contributed by atoms with Crippen molar-refractivity contribution in [2.24, 2.45) is 0 Å². The Morgan fingerprint density at radius 3 is 1.33 bits per heavy atom. The van der Waals surface area contributed by atoms with Crippen molar-refractivity contribution >= 4 is 22.4 Å². The van der Waals surface area contributed by atoms with Crippen LogP contribution in [-0.2, 0) is 24.1 Å². The summed E-state index contributed by atoms with van der Waals surface area (Å²) in [5.74, 6) is 0.494. The van der Waals surface area contributed by atoms with Gasteiger partial charge in [-0.25, -0.2) is 0 Å². The molecule has 6 aromatic rings. The van der Waals surface area contributed by atoms with Gasteiger partial charge in [0.15, 0.2) is 0 Å². The molecule has 2 heterocycles. The number of fused-ring (bicyclic) bond motifs is 7. The first-order valence-corrected chi connectivity index (χ1v) is 22.2. The average molecular weight is 745 g/mol. The zero-order valence-electron chi connectivity index (χ0n) is 31.2. The predicted octanol–water partition coefficient (Wildman–Crippen LogP) is 8.93. The van der Waals surface area contributed by atoms with E-state index in [-0.39, 0.29) is 0 Å². The Morgan fingerprint density at radius 1 is 0.500 bits per heavy atom. The topological polar surface area (TPSA) is 40.2 Å². The third kappa shape index (κ3) is 3.95. The number of aryl methyl sites for hydroxylation is 6. The summed E-state index contributed by atoms with van der Waals surface area (Å²) in [6, 6.07) is 44.5. The fraction of sp³-hybridized carbons (Fsp3) is 0.234. The minimum absolute atomic E-state index is 0.718. The van der Waals surface area contributed by atoms with E-state index in [1.165, 1.54) is 64.4 Å². The summed E-state index contributed by atoms with van der Waals surface area (Å²) in [6.45, 7) is 13.6. The van der Waals surface area contributed by atoms with Crippen LogP contribution in [-0.4, -0.2) is 27.8 Å². The van der Waals surface area contributed by atoms with Crippen LogP contribution in [0.2, 0.25) is 0 Å². The Labute approximate surface area is 310 Å². The van der Waals surface area contributed by atoms with Gasteiger partial charge in [0.1, 0.15) is 0 Å². The Balaban J connectivity index is 1.56. The van der Waals surface area contributed by atoms with Crippen molar-refractivity contribution in [3.63, 3.8) is 0 Å². The number of hydrogen-bond acceptors (Lipinski definition) is 4. The van der Waals surface area contributed by atoms with E-state index in [1.54, 1.807) is 14.2 Å². The molecule has 1 aliphatic carbocycles. The Kier molecular flexibility index (Phi) is 7.31. The van der Waals surface area contributed by atoms with Crippen LogP contribution >= 0.6 is 0 Å². The van der Waals surface area contributed by atoms with E-state index in [0.29, 0.717) is 0 Å². The molecule has 2 atom stereocenters. The van der Waals surface area contributed by atoms with Gasteiger partial charge in [0.05, 0.1) is 0 Å². The molecule has 6 aromatic carbocycles. The van der Waals surface area contributed by atoms with E-state index < -0.39 is 29.2 Å². The molecule has 0 radical (unpaired) electrons. The monoisotopic (exact) mass is 746 g/mol. The number of rotatable bonds is 6. The summed E-state index contributed by atoms with van der Waals surface area (Å²) in [6.07, 6.45) is 0. The number of methoxy groups -OCH3 is 2. The summed E-state index contributed by atoms with van der Waals surface area (Å²) < 4.78 is 29.6. The Bertz CT molecular complexity index is 2260. The van der Waals surface area contributed by atoms with Gasteiger partial charge in [-0.15, -0.1) is 0 Å². The van der Waals surface area contributed by atoms with Crippen LogP contribution in [0.5, 0.6) is 11.5 Å². The van der Waals surface area contributed by atoms with Crippen molar-refractivity contribution in [2.75, 3.05) is 14.2 Å². The number of benzene rings is 6. The second-order valence-corrected chi connectivity index (χ2v) is 22.0. The molecule has 9 rings (SSSR count). The molecular formula is C47H44GeO4. The zero-order valence-corrected chi connectivity index (χ0v) is 33.3. The van der Waals surface area contributed by atoms with Gasteiger partial charge < -0.3 is 0 Å². The molecule has 0 saturated carbocycles. The fourth-order valence-electron chi connectivity index (χ4n) is 10.6. The second kappa shape index (κ2) is 11.4. The molecule has 4 nitrogen and oxygen atoms in total. The van der Waals surface area contributed by atoms with Crippen LogP contribution in [0, 0.1) is 41.5 Å². The quantitative estimate of drug-likeness (QED) is 0.126. The van der Waals surface area contributed by atoms with Gasteiger partial charge in [0, 0.05) is 0 Å². The number of ether oxygens (including phenoxy) is 3. The number of hydrogen-bond donors (Lipinski definition) is 0. The third-order valence-corrected chi connectivity index (χ3v) is 23.6. The molecule has 260 valence electrons. The summed E-state index contributed by atoms with van der Waals surface area (Å²) in [5, 5.41) is 0. The van der Waals surface area contributed by atoms with E-state index in [2.05, 4.69) is 151 Å². The summed E-state index contributed by atoms with van der Waals surface area (Å²) in [4.78, 5) is 0. The van der Waals surface area contributed by atoms with Crippen molar-refractivity contribution in [1.82, 2.24) is 0 Å². The van der Waals surface area contributed by atoms with Gasteiger partial charge >= 0.3 is 311 Å². The summed E-state index contributed by atoms with van der Waals surface area (Å²) in [5.41, 5.74) is 13.8. The fourth-order valence-corrected chi connectivity index (χ4v) is 24.6. The second-order valence-electron chi connectivity index (χ2n) is 15.0. The summed E-state index contributed by atoms with van der Waals surface area (Å²) >= 11 is -4.47. The van der Waals surface area contributed by atoms with E-state index in [1.807, 2.05) is 12.1 Å². The minimum atomic E-state index is -4.47. The molecule has 0 aromatic heterocycles. The van der Waals surface area contributed by atoms with Gasteiger partial charge in [-0.3, -0.25) is 0 Å². The van der Waals surface area contributed by atoms with E-state index in [0.717, 1.165) is 22.6 Å². The van der Waals surface area contributed by atoms with E-state index in [9.17, 15) is 0 Å². The Hall–Kier alpha value is -4.62. The molecule has 52 heavy (non-hydrogen) atoms. The molecule has 2 saturated heterocycles.